The van der Waals surface area contributed by atoms with Gasteiger partial charge in [-0.3, -0.25) is 4.55 Å². The standard InChI is InChI=1S/C13H19NO3S/c1-5-14-10-8-6-7-9(2)11(10)13(3,4)12(14)18(15,16)17/h6-8,12H,5H2,1-4H3,(H,15,16,17). The highest BCUT2D eigenvalue weighted by molar-refractivity contribution is 7.86. The molecule has 0 amide bonds. The van der Waals surface area contributed by atoms with Crippen LogP contribution in [-0.4, -0.2) is 24.9 Å². The van der Waals surface area contributed by atoms with Gasteiger partial charge >= 0.3 is 0 Å². The Balaban J connectivity index is 2.74. The second kappa shape index (κ2) is 3.96. The molecule has 4 nitrogen and oxygen atoms in total. The maximum Gasteiger partial charge on any atom is 0.287 e. The lowest BCUT2D eigenvalue weighted by Gasteiger charge is -2.31. The Labute approximate surface area is 108 Å². The first-order chi connectivity index (χ1) is 8.21. The molecule has 0 spiro atoms. The minimum absolute atomic E-state index is 0.546. The Morgan fingerprint density at radius 1 is 1.39 bits per heavy atom. The number of anilines is 1. The zero-order chi connectivity index (χ0) is 13.7. The first-order valence-corrected chi connectivity index (χ1v) is 7.54. The Hall–Kier alpha value is -1.07. The summed E-state index contributed by atoms with van der Waals surface area (Å²) in [6, 6.07) is 5.80. The molecule has 1 aliphatic heterocycles. The minimum atomic E-state index is -4.13. The molecule has 0 aliphatic carbocycles. The third-order valence-electron chi connectivity index (χ3n) is 3.73. The monoisotopic (exact) mass is 269 g/mol. The van der Waals surface area contributed by atoms with E-state index >= 15 is 0 Å². The summed E-state index contributed by atoms with van der Waals surface area (Å²) in [5.74, 6) is 0. The van der Waals surface area contributed by atoms with Crippen molar-refractivity contribution in [3.05, 3.63) is 29.3 Å². The summed E-state index contributed by atoms with van der Waals surface area (Å²) < 4.78 is 33.0. The van der Waals surface area contributed by atoms with E-state index < -0.39 is 20.9 Å². The van der Waals surface area contributed by atoms with Crippen molar-refractivity contribution in [2.45, 2.75) is 38.5 Å². The highest BCUT2D eigenvalue weighted by atomic mass is 32.2. The van der Waals surface area contributed by atoms with Crippen molar-refractivity contribution in [2.24, 2.45) is 0 Å². The van der Waals surface area contributed by atoms with E-state index in [-0.39, 0.29) is 0 Å². The lowest BCUT2D eigenvalue weighted by atomic mass is 9.84. The van der Waals surface area contributed by atoms with E-state index in [4.69, 9.17) is 0 Å². The highest BCUT2D eigenvalue weighted by Crippen LogP contribution is 2.48. The fourth-order valence-electron chi connectivity index (χ4n) is 3.24. The molecular weight excluding hydrogens is 250 g/mol. The van der Waals surface area contributed by atoms with Crippen molar-refractivity contribution in [1.82, 2.24) is 0 Å². The maximum absolute atomic E-state index is 11.7. The third kappa shape index (κ3) is 1.73. The number of fused-ring (bicyclic) bond motifs is 1. The van der Waals surface area contributed by atoms with Gasteiger partial charge in [0.2, 0.25) is 0 Å². The van der Waals surface area contributed by atoms with Gasteiger partial charge in [0, 0.05) is 17.6 Å². The number of hydrogen-bond acceptors (Lipinski definition) is 3. The van der Waals surface area contributed by atoms with Gasteiger partial charge in [-0.1, -0.05) is 26.0 Å². The molecule has 1 unspecified atom stereocenters. The van der Waals surface area contributed by atoms with E-state index in [9.17, 15) is 13.0 Å². The number of aryl methyl sites for hydroxylation is 1. The second-order valence-corrected chi connectivity index (χ2v) is 6.82. The molecule has 5 heteroatoms. The molecule has 100 valence electrons. The van der Waals surface area contributed by atoms with E-state index in [1.807, 2.05) is 45.9 Å². The van der Waals surface area contributed by atoms with Crippen molar-refractivity contribution >= 4 is 15.8 Å². The smallest absolute Gasteiger partial charge is 0.287 e. The van der Waals surface area contributed by atoms with Crippen LogP contribution in [0.1, 0.15) is 31.9 Å². The second-order valence-electron chi connectivity index (χ2n) is 5.34. The van der Waals surface area contributed by atoms with E-state index in [0.29, 0.717) is 6.54 Å². The molecule has 0 saturated heterocycles. The van der Waals surface area contributed by atoms with Crippen LogP contribution >= 0.6 is 0 Å². The van der Waals surface area contributed by atoms with Gasteiger partial charge in [-0.25, -0.2) is 0 Å². The molecular formula is C13H19NO3S. The van der Waals surface area contributed by atoms with Crippen LogP contribution in [0.25, 0.3) is 0 Å². The fourth-order valence-corrected chi connectivity index (χ4v) is 4.69. The predicted octanol–water partition coefficient (Wildman–Crippen LogP) is 2.33. The molecule has 0 bridgehead atoms. The van der Waals surface area contributed by atoms with Crippen LogP contribution < -0.4 is 4.90 Å². The topological polar surface area (TPSA) is 57.6 Å². The minimum Gasteiger partial charge on any atom is -0.352 e. The van der Waals surface area contributed by atoms with Gasteiger partial charge < -0.3 is 4.90 Å². The fraction of sp³-hybridized carbons (Fsp3) is 0.538. The first kappa shape index (κ1) is 13.4. The zero-order valence-corrected chi connectivity index (χ0v) is 12.0. The summed E-state index contributed by atoms with van der Waals surface area (Å²) in [5, 5.41) is -0.911. The lowest BCUT2D eigenvalue weighted by Crippen LogP contribution is -2.47. The number of hydrogen-bond donors (Lipinski definition) is 1. The van der Waals surface area contributed by atoms with Gasteiger partial charge in [0.1, 0.15) is 0 Å². The summed E-state index contributed by atoms with van der Waals surface area (Å²) in [6.45, 7) is 8.15. The normalized spacial score (nSPS) is 22.1. The summed E-state index contributed by atoms with van der Waals surface area (Å²) in [6.07, 6.45) is 0. The number of rotatable bonds is 2. The van der Waals surface area contributed by atoms with Gasteiger partial charge in [-0.15, -0.1) is 0 Å². The van der Waals surface area contributed by atoms with Crippen molar-refractivity contribution in [2.75, 3.05) is 11.4 Å². The molecule has 0 radical (unpaired) electrons. The van der Waals surface area contributed by atoms with Gasteiger partial charge in [-0.05, 0) is 31.0 Å². The number of benzene rings is 1. The Kier molecular flexibility index (Phi) is 2.94. The number of nitrogens with zero attached hydrogens (tertiary/aromatic N) is 1. The quantitative estimate of drug-likeness (QED) is 0.837. The molecule has 1 aliphatic rings. The Morgan fingerprint density at radius 3 is 2.50 bits per heavy atom. The van der Waals surface area contributed by atoms with Crippen LogP contribution in [0.3, 0.4) is 0 Å². The largest absolute Gasteiger partial charge is 0.352 e. The summed E-state index contributed by atoms with van der Waals surface area (Å²) in [4.78, 5) is 1.76. The molecule has 1 aromatic carbocycles. The van der Waals surface area contributed by atoms with E-state index in [1.165, 1.54) is 0 Å². The van der Waals surface area contributed by atoms with Crippen LogP contribution in [0.5, 0.6) is 0 Å². The third-order valence-corrected chi connectivity index (χ3v) is 5.14. The molecule has 0 fully saturated rings. The van der Waals surface area contributed by atoms with Crippen LogP contribution in [0, 0.1) is 6.92 Å². The van der Waals surface area contributed by atoms with Gasteiger partial charge in [0.25, 0.3) is 10.1 Å². The molecule has 0 aromatic heterocycles. The van der Waals surface area contributed by atoms with Crippen LogP contribution in [0.15, 0.2) is 18.2 Å². The van der Waals surface area contributed by atoms with Crippen molar-refractivity contribution in [3.63, 3.8) is 0 Å². The molecule has 1 N–H and O–H groups in total. The van der Waals surface area contributed by atoms with E-state index in [2.05, 4.69) is 0 Å². The molecule has 0 saturated carbocycles. The van der Waals surface area contributed by atoms with Crippen molar-refractivity contribution in [3.8, 4) is 0 Å². The zero-order valence-electron chi connectivity index (χ0n) is 11.1. The van der Waals surface area contributed by atoms with Crippen molar-refractivity contribution in [1.29, 1.82) is 0 Å². The van der Waals surface area contributed by atoms with E-state index in [0.717, 1.165) is 16.8 Å². The summed E-state index contributed by atoms with van der Waals surface area (Å²) in [5.41, 5.74) is 2.35. The summed E-state index contributed by atoms with van der Waals surface area (Å²) >= 11 is 0. The highest BCUT2D eigenvalue weighted by Gasteiger charge is 2.51. The number of likely N-dealkylation sites (N-methyl/N-ethyl adjacent to an activating group) is 1. The Bertz CT molecular complexity index is 578. The average Bonchev–Trinajstić information content (AvgIpc) is 2.46. The average molecular weight is 269 g/mol. The first-order valence-electron chi connectivity index (χ1n) is 6.04. The lowest BCUT2D eigenvalue weighted by molar-refractivity contribution is 0.419. The predicted molar refractivity (Wildman–Crippen MR) is 72.6 cm³/mol. The SMILES string of the molecule is CCN1c2cccc(C)c2C(C)(C)C1S(=O)(=O)O. The van der Waals surface area contributed by atoms with Gasteiger partial charge in [-0.2, -0.15) is 8.42 Å². The van der Waals surface area contributed by atoms with E-state index in [1.54, 1.807) is 4.90 Å². The molecule has 1 heterocycles. The molecule has 1 aromatic rings. The van der Waals surface area contributed by atoms with Crippen molar-refractivity contribution < 1.29 is 13.0 Å². The van der Waals surface area contributed by atoms with Crippen LogP contribution in [-0.2, 0) is 15.5 Å². The van der Waals surface area contributed by atoms with Gasteiger partial charge in [0.05, 0.1) is 0 Å². The summed E-state index contributed by atoms with van der Waals surface area (Å²) in [7, 11) is -4.13. The maximum atomic E-state index is 11.7. The van der Waals surface area contributed by atoms with Gasteiger partial charge in [0.15, 0.2) is 5.37 Å². The molecule has 18 heavy (non-hydrogen) atoms. The van der Waals surface area contributed by atoms with Crippen LogP contribution in [0.4, 0.5) is 5.69 Å². The molecule has 2 rings (SSSR count). The van der Waals surface area contributed by atoms with Crippen LogP contribution in [0.2, 0.25) is 0 Å². The Morgan fingerprint density at radius 2 is 2.00 bits per heavy atom. The molecule has 1 atom stereocenters.